The van der Waals surface area contributed by atoms with Crippen LogP contribution < -0.4 is 5.32 Å². The second-order valence-electron chi connectivity index (χ2n) is 5.75. The van der Waals surface area contributed by atoms with Gasteiger partial charge in [-0.1, -0.05) is 24.3 Å². The Morgan fingerprint density at radius 1 is 1.16 bits per heavy atom. The molecule has 7 nitrogen and oxygen atoms in total. The Morgan fingerprint density at radius 2 is 1.76 bits per heavy atom. The Morgan fingerprint density at radius 3 is 2.32 bits per heavy atom. The van der Waals surface area contributed by atoms with Crippen LogP contribution in [0, 0.1) is 24.0 Å². The lowest BCUT2D eigenvalue weighted by molar-refractivity contribution is -0.384. The molecule has 130 valence electrons. The maximum atomic E-state index is 12.3. The number of rotatable bonds is 6. The number of nitro groups is 1. The minimum atomic E-state index is -1.17. The van der Waals surface area contributed by atoms with E-state index in [1.54, 1.807) is 0 Å². The molecule has 0 aliphatic rings. The molecule has 1 atom stereocenters. The van der Waals surface area contributed by atoms with Crippen molar-refractivity contribution in [1.29, 1.82) is 0 Å². The van der Waals surface area contributed by atoms with Gasteiger partial charge < -0.3 is 10.4 Å². The minimum absolute atomic E-state index is 0.0435. The molecule has 0 spiro atoms. The molecule has 0 radical (unpaired) electrons. The first-order chi connectivity index (χ1) is 11.8. The second kappa shape index (κ2) is 7.57. The van der Waals surface area contributed by atoms with Crippen LogP contribution in [0.25, 0.3) is 0 Å². The predicted molar refractivity (Wildman–Crippen MR) is 91.6 cm³/mol. The molecule has 2 N–H and O–H groups in total. The van der Waals surface area contributed by atoms with E-state index in [-0.39, 0.29) is 17.7 Å². The molecule has 2 aromatic carbocycles. The van der Waals surface area contributed by atoms with Crippen LogP contribution in [0.2, 0.25) is 0 Å². The summed E-state index contributed by atoms with van der Waals surface area (Å²) >= 11 is 0. The zero-order valence-corrected chi connectivity index (χ0v) is 13.9. The normalized spacial score (nSPS) is 11.6. The summed E-state index contributed by atoms with van der Waals surface area (Å²) < 4.78 is 0. The molecule has 0 aliphatic heterocycles. The van der Waals surface area contributed by atoms with Gasteiger partial charge in [0.1, 0.15) is 6.04 Å². The number of benzene rings is 2. The quantitative estimate of drug-likeness (QED) is 0.619. The molecule has 0 saturated heterocycles. The van der Waals surface area contributed by atoms with Gasteiger partial charge in [0.05, 0.1) is 4.92 Å². The van der Waals surface area contributed by atoms with Crippen LogP contribution >= 0.6 is 0 Å². The number of nitro benzene ring substituents is 1. The Hall–Kier alpha value is -3.22. The van der Waals surface area contributed by atoms with Crippen LogP contribution in [0.1, 0.15) is 27.0 Å². The molecular formula is C18H18N2O5. The largest absolute Gasteiger partial charge is 0.480 e. The Labute approximate surface area is 144 Å². The first-order valence-electron chi connectivity index (χ1n) is 7.63. The van der Waals surface area contributed by atoms with Gasteiger partial charge in [0.15, 0.2) is 0 Å². The predicted octanol–water partition coefficient (Wildman–Crippen LogP) is 2.64. The number of amides is 1. The number of aliphatic carboxylic acids is 1. The highest BCUT2D eigenvalue weighted by Crippen LogP contribution is 2.17. The molecule has 2 rings (SSSR count). The van der Waals surface area contributed by atoms with Gasteiger partial charge in [-0.25, -0.2) is 4.79 Å². The molecule has 0 unspecified atom stereocenters. The average molecular weight is 342 g/mol. The van der Waals surface area contributed by atoms with E-state index < -0.39 is 22.8 Å². The molecule has 25 heavy (non-hydrogen) atoms. The molecule has 0 saturated carbocycles. The van der Waals surface area contributed by atoms with Gasteiger partial charge in [-0.2, -0.15) is 0 Å². The Bertz CT molecular complexity index is 812. The molecule has 0 bridgehead atoms. The summed E-state index contributed by atoms with van der Waals surface area (Å²) in [4.78, 5) is 34.0. The summed E-state index contributed by atoms with van der Waals surface area (Å²) in [5.74, 6) is -1.83. The molecule has 1 amide bonds. The Balaban J connectivity index is 2.22. The summed E-state index contributed by atoms with van der Waals surface area (Å²) in [6, 6.07) is 9.68. The van der Waals surface area contributed by atoms with E-state index in [1.165, 1.54) is 18.2 Å². The third kappa shape index (κ3) is 4.41. The third-order valence-electron chi connectivity index (χ3n) is 3.98. The molecule has 0 fully saturated rings. The maximum absolute atomic E-state index is 12.3. The van der Waals surface area contributed by atoms with E-state index in [2.05, 4.69) is 5.32 Å². The zero-order chi connectivity index (χ0) is 18.6. The van der Waals surface area contributed by atoms with Gasteiger partial charge >= 0.3 is 5.97 Å². The van der Waals surface area contributed by atoms with Crippen LogP contribution in [-0.2, 0) is 11.2 Å². The second-order valence-corrected chi connectivity index (χ2v) is 5.75. The number of nitrogens with one attached hydrogen (secondary N) is 1. The molecular weight excluding hydrogens is 324 g/mol. The average Bonchev–Trinajstić information content (AvgIpc) is 2.57. The fourth-order valence-corrected chi connectivity index (χ4v) is 2.58. The van der Waals surface area contributed by atoms with E-state index in [0.29, 0.717) is 0 Å². The molecule has 0 aliphatic carbocycles. The summed E-state index contributed by atoms with van der Waals surface area (Å²) in [5.41, 5.74) is 2.55. The lowest BCUT2D eigenvalue weighted by atomic mass is 9.96. The number of carbonyl (C=O) groups excluding carboxylic acids is 1. The number of nitrogens with zero attached hydrogens (tertiary/aromatic N) is 1. The lowest BCUT2D eigenvalue weighted by Gasteiger charge is -2.17. The first-order valence-corrected chi connectivity index (χ1v) is 7.63. The highest BCUT2D eigenvalue weighted by molar-refractivity contribution is 5.97. The minimum Gasteiger partial charge on any atom is -0.480 e. The maximum Gasteiger partial charge on any atom is 0.326 e. The van der Waals surface area contributed by atoms with Crippen molar-refractivity contribution in [2.45, 2.75) is 26.3 Å². The number of carboxylic acid groups (broad SMARTS) is 1. The van der Waals surface area contributed by atoms with E-state index in [4.69, 9.17) is 0 Å². The van der Waals surface area contributed by atoms with Gasteiger partial charge in [0.2, 0.25) is 0 Å². The van der Waals surface area contributed by atoms with Crippen LogP contribution in [0.4, 0.5) is 5.69 Å². The van der Waals surface area contributed by atoms with Gasteiger partial charge in [0.25, 0.3) is 11.6 Å². The van der Waals surface area contributed by atoms with Crippen LogP contribution in [0.5, 0.6) is 0 Å². The molecule has 2 aromatic rings. The number of carboxylic acids is 1. The molecule has 0 aromatic heterocycles. The smallest absolute Gasteiger partial charge is 0.326 e. The van der Waals surface area contributed by atoms with Crippen molar-refractivity contribution in [3.8, 4) is 0 Å². The fourth-order valence-electron chi connectivity index (χ4n) is 2.58. The highest BCUT2D eigenvalue weighted by Gasteiger charge is 2.23. The van der Waals surface area contributed by atoms with Gasteiger partial charge in [-0.3, -0.25) is 14.9 Å². The van der Waals surface area contributed by atoms with Crippen molar-refractivity contribution in [2.24, 2.45) is 0 Å². The van der Waals surface area contributed by atoms with E-state index in [0.717, 1.165) is 22.8 Å². The topological polar surface area (TPSA) is 110 Å². The molecule has 7 heteroatoms. The van der Waals surface area contributed by atoms with Crippen molar-refractivity contribution >= 4 is 17.6 Å². The fraction of sp³-hybridized carbons (Fsp3) is 0.222. The van der Waals surface area contributed by atoms with Crippen molar-refractivity contribution in [1.82, 2.24) is 5.32 Å². The summed E-state index contributed by atoms with van der Waals surface area (Å²) in [6.45, 7) is 3.76. The van der Waals surface area contributed by atoms with Crippen LogP contribution in [0.15, 0.2) is 42.5 Å². The summed E-state index contributed by atoms with van der Waals surface area (Å²) in [6.07, 6.45) is 0.133. The van der Waals surface area contributed by atoms with Crippen molar-refractivity contribution in [3.63, 3.8) is 0 Å². The number of carbonyl (C=O) groups is 2. The van der Waals surface area contributed by atoms with E-state index >= 15 is 0 Å². The number of non-ortho nitro benzene ring substituents is 1. The summed E-state index contributed by atoms with van der Waals surface area (Å²) in [5, 5.41) is 22.7. The number of aryl methyl sites for hydroxylation is 2. The number of hydrogen-bond donors (Lipinski definition) is 2. The standard InChI is InChI=1S/C18H18N2O5/c1-11-5-3-6-12(2)15(11)10-16(18(22)23)19-17(21)13-7-4-8-14(9-13)20(24)25/h3-9,16H,10H2,1-2H3,(H,19,21)(H,22,23)/t16-/m0/s1. The number of hydrogen-bond acceptors (Lipinski definition) is 4. The zero-order valence-electron chi connectivity index (χ0n) is 13.9. The van der Waals surface area contributed by atoms with Gasteiger partial charge in [-0.05, 0) is 36.6 Å². The van der Waals surface area contributed by atoms with Gasteiger partial charge in [0, 0.05) is 24.1 Å². The van der Waals surface area contributed by atoms with Crippen LogP contribution in [0.3, 0.4) is 0 Å². The summed E-state index contributed by atoms with van der Waals surface area (Å²) in [7, 11) is 0. The van der Waals surface area contributed by atoms with Crippen molar-refractivity contribution in [2.75, 3.05) is 0 Å². The SMILES string of the molecule is Cc1cccc(C)c1C[C@H](NC(=O)c1cccc([N+](=O)[O-])c1)C(=O)O. The van der Waals surface area contributed by atoms with E-state index in [1.807, 2.05) is 32.0 Å². The third-order valence-corrected chi connectivity index (χ3v) is 3.98. The Kier molecular flexibility index (Phi) is 5.49. The lowest BCUT2D eigenvalue weighted by Crippen LogP contribution is -2.42. The van der Waals surface area contributed by atoms with Gasteiger partial charge in [-0.15, -0.1) is 0 Å². The monoisotopic (exact) mass is 342 g/mol. The highest BCUT2D eigenvalue weighted by atomic mass is 16.6. The van der Waals surface area contributed by atoms with E-state index in [9.17, 15) is 24.8 Å². The first kappa shape index (κ1) is 18.1. The van der Waals surface area contributed by atoms with Crippen LogP contribution in [-0.4, -0.2) is 27.9 Å². The van der Waals surface area contributed by atoms with Crippen molar-refractivity contribution in [3.05, 3.63) is 74.8 Å². The molecule has 0 heterocycles. The van der Waals surface area contributed by atoms with Crippen molar-refractivity contribution < 1.29 is 19.6 Å².